The van der Waals surface area contributed by atoms with Crippen LogP contribution in [0.25, 0.3) is 0 Å². The van der Waals surface area contributed by atoms with Crippen LogP contribution in [0.4, 0.5) is 0 Å². The van der Waals surface area contributed by atoms with Gasteiger partial charge in [-0.15, -0.1) is 0 Å². The van der Waals surface area contributed by atoms with Crippen LogP contribution in [0, 0.1) is 5.92 Å². The van der Waals surface area contributed by atoms with Crippen LogP contribution < -0.4 is 0 Å². The number of hydrogen-bond donors (Lipinski definition) is 0. The van der Waals surface area contributed by atoms with E-state index in [1.54, 1.807) is 11.8 Å². The van der Waals surface area contributed by atoms with Crippen molar-refractivity contribution in [2.24, 2.45) is 5.92 Å². The number of rotatable bonds is 9. The first-order valence-electron chi connectivity index (χ1n) is 5.85. The highest BCUT2D eigenvalue weighted by atomic mass is 32.2. The molecule has 0 aromatic heterocycles. The van der Waals surface area contributed by atoms with Crippen molar-refractivity contribution in [1.29, 1.82) is 0 Å². The van der Waals surface area contributed by atoms with Crippen molar-refractivity contribution in [3.05, 3.63) is 0 Å². The molecule has 0 fully saturated rings. The van der Waals surface area contributed by atoms with E-state index in [2.05, 4.69) is 11.7 Å². The van der Waals surface area contributed by atoms with Crippen LogP contribution in [-0.2, 0) is 14.3 Å². The van der Waals surface area contributed by atoms with Crippen LogP contribution in [0.15, 0.2) is 0 Å². The molecule has 4 heteroatoms. The Morgan fingerprint density at radius 2 is 1.94 bits per heavy atom. The average Bonchev–Trinajstić information content (AvgIpc) is 2.29. The van der Waals surface area contributed by atoms with Gasteiger partial charge >= 0.3 is 5.97 Å². The largest absolute Gasteiger partial charge is 0.468 e. The summed E-state index contributed by atoms with van der Waals surface area (Å²) in [5, 5.41) is 0. The Hall–Kier alpha value is -0.510. The summed E-state index contributed by atoms with van der Waals surface area (Å²) in [6.45, 7) is 4.12. The number of carbonyl (C=O) groups excluding carboxylic acids is 2. The number of ketones is 1. The van der Waals surface area contributed by atoms with Crippen molar-refractivity contribution in [3.8, 4) is 0 Å². The van der Waals surface area contributed by atoms with E-state index < -0.39 is 5.92 Å². The standard InChI is InChI=1S/C12H22O3S/c1-4-6-7-10(12(14)15-3)11(13)9-16-8-5-2/h10H,4-9H2,1-3H3. The lowest BCUT2D eigenvalue weighted by atomic mass is 9.98. The number of esters is 1. The smallest absolute Gasteiger partial charge is 0.316 e. The van der Waals surface area contributed by atoms with Gasteiger partial charge in [0.15, 0.2) is 5.78 Å². The molecule has 0 aliphatic heterocycles. The number of Topliss-reactive ketones (excluding diaryl/α,β-unsaturated/α-hetero) is 1. The van der Waals surface area contributed by atoms with E-state index in [1.165, 1.54) is 7.11 Å². The maximum atomic E-state index is 11.8. The van der Waals surface area contributed by atoms with Gasteiger partial charge in [-0.2, -0.15) is 11.8 Å². The number of unbranched alkanes of at least 4 members (excludes halogenated alkanes) is 1. The van der Waals surface area contributed by atoms with E-state index in [-0.39, 0.29) is 11.8 Å². The summed E-state index contributed by atoms with van der Waals surface area (Å²) in [5.41, 5.74) is 0. The first-order chi connectivity index (χ1) is 7.67. The summed E-state index contributed by atoms with van der Waals surface area (Å²) in [4.78, 5) is 23.2. The lowest BCUT2D eigenvalue weighted by Gasteiger charge is -2.12. The van der Waals surface area contributed by atoms with Gasteiger partial charge in [0.05, 0.1) is 12.9 Å². The van der Waals surface area contributed by atoms with E-state index in [1.807, 2.05) is 6.92 Å². The lowest BCUT2D eigenvalue weighted by molar-refractivity contribution is -0.149. The second-order valence-corrected chi connectivity index (χ2v) is 4.84. The Bertz CT molecular complexity index is 216. The second-order valence-electron chi connectivity index (χ2n) is 3.74. The predicted molar refractivity (Wildman–Crippen MR) is 67.7 cm³/mol. The van der Waals surface area contributed by atoms with E-state index in [9.17, 15) is 9.59 Å². The Labute approximate surface area is 102 Å². The average molecular weight is 246 g/mol. The molecular weight excluding hydrogens is 224 g/mol. The summed E-state index contributed by atoms with van der Waals surface area (Å²) in [7, 11) is 1.34. The van der Waals surface area contributed by atoms with Gasteiger partial charge in [0.25, 0.3) is 0 Å². The molecule has 0 aromatic rings. The third-order valence-electron chi connectivity index (χ3n) is 2.31. The molecule has 0 N–H and O–H groups in total. The summed E-state index contributed by atoms with van der Waals surface area (Å²) in [6.07, 6.45) is 3.55. The highest BCUT2D eigenvalue weighted by molar-refractivity contribution is 7.99. The Balaban J connectivity index is 4.15. The highest BCUT2D eigenvalue weighted by Crippen LogP contribution is 2.15. The first-order valence-corrected chi connectivity index (χ1v) is 7.01. The SMILES string of the molecule is CCCCC(C(=O)CSCCC)C(=O)OC. The van der Waals surface area contributed by atoms with Crippen LogP contribution in [-0.4, -0.2) is 30.4 Å². The van der Waals surface area contributed by atoms with E-state index in [4.69, 9.17) is 0 Å². The minimum atomic E-state index is -0.547. The number of methoxy groups -OCH3 is 1. The third-order valence-corrected chi connectivity index (χ3v) is 3.50. The molecule has 0 radical (unpaired) electrons. The Morgan fingerprint density at radius 1 is 1.25 bits per heavy atom. The van der Waals surface area contributed by atoms with Gasteiger partial charge in [0, 0.05) is 0 Å². The predicted octanol–water partition coefficient (Wildman–Crippen LogP) is 2.68. The van der Waals surface area contributed by atoms with Crippen LogP contribution >= 0.6 is 11.8 Å². The molecule has 0 bridgehead atoms. The molecule has 1 atom stereocenters. The molecule has 0 spiro atoms. The lowest BCUT2D eigenvalue weighted by Crippen LogP contribution is -2.27. The van der Waals surface area contributed by atoms with Crippen molar-refractivity contribution < 1.29 is 14.3 Å². The maximum absolute atomic E-state index is 11.8. The van der Waals surface area contributed by atoms with Gasteiger partial charge < -0.3 is 4.74 Å². The number of hydrogen-bond acceptors (Lipinski definition) is 4. The molecule has 3 nitrogen and oxygen atoms in total. The van der Waals surface area contributed by atoms with Crippen molar-refractivity contribution in [2.45, 2.75) is 39.5 Å². The van der Waals surface area contributed by atoms with Crippen molar-refractivity contribution >= 4 is 23.5 Å². The molecule has 0 heterocycles. The summed E-state index contributed by atoms with van der Waals surface area (Å²) in [5.74, 6) is 0.480. The molecule has 0 aliphatic carbocycles. The molecule has 0 aliphatic rings. The zero-order valence-corrected chi connectivity index (χ0v) is 11.3. The Morgan fingerprint density at radius 3 is 2.44 bits per heavy atom. The van der Waals surface area contributed by atoms with Crippen LogP contribution in [0.3, 0.4) is 0 Å². The quantitative estimate of drug-likeness (QED) is 0.356. The zero-order valence-electron chi connectivity index (χ0n) is 10.5. The van der Waals surface area contributed by atoms with E-state index >= 15 is 0 Å². The minimum absolute atomic E-state index is 0.0127. The zero-order chi connectivity index (χ0) is 12.4. The molecule has 16 heavy (non-hydrogen) atoms. The number of thioether (sulfide) groups is 1. The first kappa shape index (κ1) is 15.5. The monoisotopic (exact) mass is 246 g/mol. The Kier molecular flexibility index (Phi) is 9.39. The van der Waals surface area contributed by atoms with Crippen molar-refractivity contribution in [3.63, 3.8) is 0 Å². The number of carbonyl (C=O) groups is 2. The van der Waals surface area contributed by atoms with Gasteiger partial charge in [-0.1, -0.05) is 26.7 Å². The minimum Gasteiger partial charge on any atom is -0.468 e. The van der Waals surface area contributed by atoms with Gasteiger partial charge in [0.1, 0.15) is 5.92 Å². The molecule has 0 saturated heterocycles. The van der Waals surface area contributed by atoms with Crippen molar-refractivity contribution in [1.82, 2.24) is 0 Å². The van der Waals surface area contributed by atoms with Crippen LogP contribution in [0.5, 0.6) is 0 Å². The fourth-order valence-electron chi connectivity index (χ4n) is 1.38. The van der Waals surface area contributed by atoms with Crippen LogP contribution in [0.1, 0.15) is 39.5 Å². The second kappa shape index (κ2) is 9.70. The molecule has 0 aromatic carbocycles. The van der Waals surface area contributed by atoms with Gasteiger partial charge in [-0.25, -0.2) is 0 Å². The van der Waals surface area contributed by atoms with Gasteiger partial charge in [-0.3, -0.25) is 9.59 Å². The normalized spacial score (nSPS) is 12.2. The fraction of sp³-hybridized carbons (Fsp3) is 0.833. The fourth-order valence-corrected chi connectivity index (χ4v) is 2.21. The van der Waals surface area contributed by atoms with E-state index in [0.29, 0.717) is 12.2 Å². The summed E-state index contributed by atoms with van der Waals surface area (Å²) < 4.78 is 4.67. The molecule has 0 rings (SSSR count). The van der Waals surface area contributed by atoms with Crippen molar-refractivity contribution in [2.75, 3.05) is 18.6 Å². The molecule has 1 unspecified atom stereocenters. The maximum Gasteiger partial charge on any atom is 0.316 e. The highest BCUT2D eigenvalue weighted by Gasteiger charge is 2.26. The molecular formula is C12H22O3S. The summed E-state index contributed by atoms with van der Waals surface area (Å²) in [6, 6.07) is 0. The molecule has 0 saturated carbocycles. The molecule has 0 amide bonds. The van der Waals surface area contributed by atoms with Gasteiger partial charge in [-0.05, 0) is 18.6 Å². The van der Waals surface area contributed by atoms with Gasteiger partial charge in [0.2, 0.25) is 0 Å². The third kappa shape index (κ3) is 6.16. The number of ether oxygens (including phenoxy) is 1. The molecule has 94 valence electrons. The van der Waals surface area contributed by atoms with E-state index in [0.717, 1.165) is 25.0 Å². The van der Waals surface area contributed by atoms with Crippen LogP contribution in [0.2, 0.25) is 0 Å². The topological polar surface area (TPSA) is 43.4 Å². The summed E-state index contributed by atoms with van der Waals surface area (Å²) >= 11 is 1.59.